The van der Waals surface area contributed by atoms with Gasteiger partial charge < -0.3 is 5.32 Å². The van der Waals surface area contributed by atoms with E-state index in [9.17, 15) is 22.0 Å². The minimum atomic E-state index is -3.62. The summed E-state index contributed by atoms with van der Waals surface area (Å²) in [5.74, 6) is -2.55. The Kier molecular flexibility index (Phi) is 4.85. The van der Waals surface area contributed by atoms with Crippen molar-refractivity contribution in [2.24, 2.45) is 0 Å². The number of nitrogens with one attached hydrogen (secondary N) is 1. The van der Waals surface area contributed by atoms with Crippen molar-refractivity contribution < 1.29 is 22.0 Å². The zero-order valence-electron chi connectivity index (χ0n) is 13.4. The fraction of sp³-hybridized carbons (Fsp3) is 0.278. The number of aryl methyl sites for hydroxylation is 2. The van der Waals surface area contributed by atoms with E-state index in [0.29, 0.717) is 0 Å². The molecule has 0 unspecified atom stereocenters. The lowest BCUT2D eigenvalue weighted by molar-refractivity contribution is -0.115. The van der Waals surface area contributed by atoms with E-state index >= 15 is 0 Å². The second kappa shape index (κ2) is 6.92. The molecule has 25 heavy (non-hydrogen) atoms. The van der Waals surface area contributed by atoms with Gasteiger partial charge in [0.05, 0.1) is 16.3 Å². The summed E-state index contributed by atoms with van der Waals surface area (Å²) in [5.41, 5.74) is 1.89. The molecule has 1 aliphatic carbocycles. The molecule has 0 radical (unpaired) electrons. The van der Waals surface area contributed by atoms with E-state index in [1.807, 2.05) is 6.07 Å². The Hall–Kier alpha value is -2.28. The van der Waals surface area contributed by atoms with Gasteiger partial charge in [-0.1, -0.05) is 6.07 Å². The lowest BCUT2D eigenvalue weighted by atomic mass is 10.1. The van der Waals surface area contributed by atoms with Gasteiger partial charge in [0.15, 0.2) is 9.84 Å². The maximum atomic E-state index is 13.5. The molecule has 0 saturated carbocycles. The zero-order chi connectivity index (χ0) is 18.0. The van der Waals surface area contributed by atoms with E-state index in [1.54, 1.807) is 12.1 Å². The smallest absolute Gasteiger partial charge is 0.225 e. The largest absolute Gasteiger partial charge is 0.323 e. The highest BCUT2D eigenvalue weighted by atomic mass is 32.2. The summed E-state index contributed by atoms with van der Waals surface area (Å²) in [6.45, 7) is 0. The molecule has 0 saturated heterocycles. The van der Waals surface area contributed by atoms with Gasteiger partial charge in [-0.05, 0) is 54.7 Å². The quantitative estimate of drug-likeness (QED) is 0.885. The lowest BCUT2D eigenvalue weighted by Crippen LogP contribution is -2.18. The number of hydrogen-bond donors (Lipinski definition) is 1. The number of benzene rings is 2. The molecule has 0 aliphatic heterocycles. The van der Waals surface area contributed by atoms with Crippen molar-refractivity contribution in [3.63, 3.8) is 0 Å². The number of fused-ring (bicyclic) bond motifs is 1. The third-order valence-electron chi connectivity index (χ3n) is 4.23. The second-order valence-corrected chi connectivity index (χ2v) is 8.13. The van der Waals surface area contributed by atoms with Crippen LogP contribution < -0.4 is 5.32 Å². The topological polar surface area (TPSA) is 63.2 Å². The summed E-state index contributed by atoms with van der Waals surface area (Å²) in [6, 6.07) is 7.72. The summed E-state index contributed by atoms with van der Waals surface area (Å²) >= 11 is 0. The molecule has 132 valence electrons. The number of rotatable bonds is 5. The molecule has 1 N–H and O–H groups in total. The van der Waals surface area contributed by atoms with Gasteiger partial charge in [0.2, 0.25) is 5.91 Å². The average molecular weight is 365 g/mol. The minimum Gasteiger partial charge on any atom is -0.323 e. The minimum absolute atomic E-state index is 0.192. The molecule has 1 aliphatic rings. The van der Waals surface area contributed by atoms with Crippen LogP contribution in [0.2, 0.25) is 0 Å². The van der Waals surface area contributed by atoms with Gasteiger partial charge in [0, 0.05) is 12.5 Å². The van der Waals surface area contributed by atoms with Crippen LogP contribution in [0.25, 0.3) is 0 Å². The Morgan fingerprint density at radius 1 is 1.04 bits per heavy atom. The first-order valence-electron chi connectivity index (χ1n) is 7.94. The van der Waals surface area contributed by atoms with E-state index in [-0.39, 0.29) is 17.0 Å². The van der Waals surface area contributed by atoms with Gasteiger partial charge in [-0.3, -0.25) is 4.79 Å². The first-order valence-corrected chi connectivity index (χ1v) is 9.60. The van der Waals surface area contributed by atoms with E-state index < -0.39 is 33.1 Å². The molecule has 2 aromatic carbocycles. The van der Waals surface area contributed by atoms with Crippen LogP contribution >= 0.6 is 0 Å². The van der Waals surface area contributed by atoms with Crippen LogP contribution in [0.1, 0.15) is 24.0 Å². The highest BCUT2D eigenvalue weighted by molar-refractivity contribution is 7.91. The van der Waals surface area contributed by atoms with Crippen LogP contribution in [-0.4, -0.2) is 20.1 Å². The van der Waals surface area contributed by atoms with Gasteiger partial charge in [-0.2, -0.15) is 0 Å². The summed E-state index contributed by atoms with van der Waals surface area (Å²) in [6.07, 6.45) is 2.49. The molecule has 4 nitrogen and oxygen atoms in total. The van der Waals surface area contributed by atoms with Crippen LogP contribution in [-0.2, 0) is 27.5 Å². The Labute approximate surface area is 144 Å². The SMILES string of the molecule is O=C(CCS(=O)(=O)c1ccc2c(c1)CCC2)Nc1cc(F)ccc1F. The van der Waals surface area contributed by atoms with E-state index in [0.717, 1.165) is 43.0 Å². The molecule has 0 aromatic heterocycles. The van der Waals surface area contributed by atoms with Gasteiger partial charge in [0.25, 0.3) is 0 Å². The van der Waals surface area contributed by atoms with E-state index in [1.165, 1.54) is 5.56 Å². The van der Waals surface area contributed by atoms with Crippen LogP contribution in [0.15, 0.2) is 41.3 Å². The maximum Gasteiger partial charge on any atom is 0.225 e. The van der Waals surface area contributed by atoms with Crippen LogP contribution in [0, 0.1) is 11.6 Å². The van der Waals surface area contributed by atoms with Gasteiger partial charge in [0.1, 0.15) is 11.6 Å². The van der Waals surface area contributed by atoms with Crippen molar-refractivity contribution in [2.75, 3.05) is 11.1 Å². The van der Waals surface area contributed by atoms with E-state index in [4.69, 9.17) is 0 Å². The molecular formula is C18H17F2NO3S. The molecule has 2 aromatic rings. The number of amides is 1. The second-order valence-electron chi connectivity index (χ2n) is 6.03. The van der Waals surface area contributed by atoms with Crippen molar-refractivity contribution in [2.45, 2.75) is 30.6 Å². The fourth-order valence-corrected chi connectivity index (χ4v) is 4.18. The maximum absolute atomic E-state index is 13.5. The Bertz CT molecular complexity index is 926. The first kappa shape index (κ1) is 17.5. The summed E-state index contributed by atoms with van der Waals surface area (Å²) in [7, 11) is -3.62. The molecule has 0 fully saturated rings. The number of halogens is 2. The fourth-order valence-electron chi connectivity index (χ4n) is 2.89. The van der Waals surface area contributed by atoms with Gasteiger partial charge in [-0.25, -0.2) is 17.2 Å². The van der Waals surface area contributed by atoms with Crippen LogP contribution in [0.3, 0.4) is 0 Å². The number of anilines is 1. The third-order valence-corrected chi connectivity index (χ3v) is 5.94. The number of sulfone groups is 1. The first-order chi connectivity index (χ1) is 11.8. The molecule has 0 atom stereocenters. The molecule has 0 heterocycles. The lowest BCUT2D eigenvalue weighted by Gasteiger charge is -2.08. The van der Waals surface area contributed by atoms with Crippen LogP contribution in [0.4, 0.5) is 14.5 Å². The molecule has 3 rings (SSSR count). The Balaban J connectivity index is 1.65. The molecule has 7 heteroatoms. The number of hydrogen-bond acceptors (Lipinski definition) is 3. The Morgan fingerprint density at radius 2 is 1.80 bits per heavy atom. The number of carbonyl (C=O) groups is 1. The van der Waals surface area contributed by atoms with Crippen molar-refractivity contribution in [3.05, 3.63) is 59.2 Å². The molecule has 0 spiro atoms. The Morgan fingerprint density at radius 3 is 2.60 bits per heavy atom. The predicted molar refractivity (Wildman–Crippen MR) is 90.1 cm³/mol. The van der Waals surface area contributed by atoms with E-state index in [2.05, 4.69) is 5.32 Å². The predicted octanol–water partition coefficient (Wildman–Crippen LogP) is 3.26. The van der Waals surface area contributed by atoms with Gasteiger partial charge in [-0.15, -0.1) is 0 Å². The van der Waals surface area contributed by atoms with Crippen molar-refractivity contribution in [1.82, 2.24) is 0 Å². The standard InChI is InChI=1S/C18H17F2NO3S/c19-14-5-7-16(20)17(11-14)21-18(22)8-9-25(23,24)15-6-4-12-2-1-3-13(12)10-15/h4-7,10-11H,1-3,8-9H2,(H,21,22). The average Bonchev–Trinajstić information content (AvgIpc) is 3.04. The summed E-state index contributed by atoms with van der Waals surface area (Å²) in [4.78, 5) is 12.1. The highest BCUT2D eigenvalue weighted by Gasteiger charge is 2.20. The van der Waals surface area contributed by atoms with Crippen LogP contribution in [0.5, 0.6) is 0 Å². The normalized spacial score (nSPS) is 13.5. The molecule has 0 bridgehead atoms. The van der Waals surface area contributed by atoms with Gasteiger partial charge >= 0.3 is 0 Å². The van der Waals surface area contributed by atoms with Crippen molar-refractivity contribution in [3.8, 4) is 0 Å². The highest BCUT2D eigenvalue weighted by Crippen LogP contribution is 2.25. The van der Waals surface area contributed by atoms with Crippen molar-refractivity contribution >= 4 is 21.4 Å². The zero-order valence-corrected chi connectivity index (χ0v) is 14.2. The van der Waals surface area contributed by atoms with Crippen molar-refractivity contribution in [1.29, 1.82) is 0 Å². The summed E-state index contributed by atoms with van der Waals surface area (Å²) < 4.78 is 51.4. The summed E-state index contributed by atoms with van der Waals surface area (Å²) in [5, 5.41) is 2.20. The molecule has 1 amide bonds. The monoisotopic (exact) mass is 365 g/mol. The molecular weight excluding hydrogens is 348 g/mol. The third kappa shape index (κ3) is 4.04. The number of carbonyl (C=O) groups excluding carboxylic acids is 1.